The molecule has 0 heterocycles. The minimum atomic E-state index is -1.02. The van der Waals surface area contributed by atoms with E-state index in [9.17, 15) is 9.50 Å². The molecule has 1 atom stereocenters. The van der Waals surface area contributed by atoms with Crippen molar-refractivity contribution in [3.63, 3.8) is 0 Å². The van der Waals surface area contributed by atoms with E-state index in [1.165, 1.54) is 12.1 Å². The van der Waals surface area contributed by atoms with E-state index >= 15 is 0 Å². The molecule has 1 unspecified atom stereocenters. The fourth-order valence-corrected chi connectivity index (χ4v) is 2.30. The molecule has 0 radical (unpaired) electrons. The molecule has 136 valence electrons. The van der Waals surface area contributed by atoms with Crippen molar-refractivity contribution in [1.29, 1.82) is 0 Å². The second kappa shape index (κ2) is 10.4. The van der Waals surface area contributed by atoms with Crippen molar-refractivity contribution in [2.75, 3.05) is 13.1 Å². The standard InChI is InChI=1S/C19H24FN3O.HI/c1-3-21-18(22-13-15-8-7-11-17(20)12-15)23-14-19(2,24)16-9-5-4-6-10-16;/h4-12,24H,3,13-14H2,1-2H3,(H2,21,22,23);1H. The Morgan fingerprint density at radius 2 is 1.84 bits per heavy atom. The molecule has 2 aromatic carbocycles. The van der Waals surface area contributed by atoms with Crippen LogP contribution in [0.1, 0.15) is 25.0 Å². The third kappa shape index (κ3) is 6.99. The number of hydrogen-bond acceptors (Lipinski definition) is 2. The average Bonchev–Trinajstić information content (AvgIpc) is 2.58. The molecule has 2 rings (SSSR count). The van der Waals surface area contributed by atoms with E-state index in [-0.39, 0.29) is 29.8 Å². The SMILES string of the molecule is CCNC(=NCc1cccc(F)c1)NCC(C)(O)c1ccccc1.I. The molecule has 0 aliphatic heterocycles. The molecule has 0 spiro atoms. The van der Waals surface area contributed by atoms with Gasteiger partial charge in [-0.25, -0.2) is 9.38 Å². The highest BCUT2D eigenvalue weighted by atomic mass is 127. The minimum Gasteiger partial charge on any atom is -0.384 e. The highest BCUT2D eigenvalue weighted by molar-refractivity contribution is 14.0. The van der Waals surface area contributed by atoms with Crippen LogP contribution in [0.3, 0.4) is 0 Å². The van der Waals surface area contributed by atoms with Gasteiger partial charge in [0.05, 0.1) is 13.1 Å². The summed E-state index contributed by atoms with van der Waals surface area (Å²) in [6.07, 6.45) is 0. The zero-order valence-corrected chi connectivity index (χ0v) is 16.8. The van der Waals surface area contributed by atoms with Crippen molar-refractivity contribution >= 4 is 29.9 Å². The van der Waals surface area contributed by atoms with Crippen LogP contribution in [-0.2, 0) is 12.1 Å². The van der Waals surface area contributed by atoms with Crippen LogP contribution in [0.4, 0.5) is 4.39 Å². The average molecular weight is 457 g/mol. The van der Waals surface area contributed by atoms with Crippen LogP contribution in [0.15, 0.2) is 59.6 Å². The molecule has 3 N–H and O–H groups in total. The monoisotopic (exact) mass is 457 g/mol. The van der Waals surface area contributed by atoms with E-state index < -0.39 is 5.60 Å². The number of aliphatic imine (C=N–C) groups is 1. The summed E-state index contributed by atoms with van der Waals surface area (Å²) in [7, 11) is 0. The first kappa shape index (κ1) is 21.4. The Bertz CT molecular complexity index is 677. The molecule has 25 heavy (non-hydrogen) atoms. The van der Waals surface area contributed by atoms with Gasteiger partial charge in [0.2, 0.25) is 0 Å². The van der Waals surface area contributed by atoms with Gasteiger partial charge in [0.25, 0.3) is 0 Å². The Balaban J connectivity index is 0.00000312. The van der Waals surface area contributed by atoms with Crippen molar-refractivity contribution in [3.05, 3.63) is 71.5 Å². The number of halogens is 2. The molecule has 0 aliphatic carbocycles. The lowest BCUT2D eigenvalue weighted by molar-refractivity contribution is 0.0617. The van der Waals surface area contributed by atoms with E-state index in [1.807, 2.05) is 43.3 Å². The number of aliphatic hydroxyl groups is 1. The summed E-state index contributed by atoms with van der Waals surface area (Å²) in [4.78, 5) is 4.44. The molecule has 0 bridgehead atoms. The van der Waals surface area contributed by atoms with Gasteiger partial charge in [0.1, 0.15) is 11.4 Å². The van der Waals surface area contributed by atoms with Crippen molar-refractivity contribution in [1.82, 2.24) is 10.6 Å². The molecule has 6 heteroatoms. The van der Waals surface area contributed by atoms with Gasteiger partial charge in [-0.1, -0.05) is 42.5 Å². The fourth-order valence-electron chi connectivity index (χ4n) is 2.30. The molecule has 0 fully saturated rings. The molecule has 0 aromatic heterocycles. The van der Waals surface area contributed by atoms with Crippen molar-refractivity contribution < 1.29 is 9.50 Å². The maximum atomic E-state index is 13.2. The van der Waals surface area contributed by atoms with Crippen LogP contribution in [0.25, 0.3) is 0 Å². The number of guanidine groups is 1. The van der Waals surface area contributed by atoms with Gasteiger partial charge in [0, 0.05) is 6.54 Å². The second-order valence-electron chi connectivity index (χ2n) is 5.82. The van der Waals surface area contributed by atoms with Crippen LogP contribution in [-0.4, -0.2) is 24.2 Å². The quantitative estimate of drug-likeness (QED) is 0.354. The summed E-state index contributed by atoms with van der Waals surface area (Å²) >= 11 is 0. The predicted octanol–water partition coefficient (Wildman–Crippen LogP) is 3.41. The Morgan fingerprint density at radius 1 is 1.12 bits per heavy atom. The number of hydrogen-bond donors (Lipinski definition) is 3. The number of benzene rings is 2. The van der Waals surface area contributed by atoms with E-state index in [4.69, 9.17) is 0 Å². The van der Waals surface area contributed by atoms with Gasteiger partial charge in [-0.2, -0.15) is 0 Å². The third-order valence-corrected chi connectivity index (χ3v) is 3.65. The van der Waals surface area contributed by atoms with Gasteiger partial charge >= 0.3 is 0 Å². The lowest BCUT2D eigenvalue weighted by atomic mass is 9.96. The zero-order chi connectivity index (χ0) is 17.4. The summed E-state index contributed by atoms with van der Waals surface area (Å²) in [5.74, 6) is 0.311. The van der Waals surface area contributed by atoms with E-state index in [0.717, 1.165) is 11.1 Å². The largest absolute Gasteiger partial charge is 0.384 e. The maximum Gasteiger partial charge on any atom is 0.191 e. The smallest absolute Gasteiger partial charge is 0.191 e. The molecule has 0 amide bonds. The Hall–Kier alpha value is -1.67. The molecule has 4 nitrogen and oxygen atoms in total. The first-order chi connectivity index (χ1) is 11.5. The number of nitrogens with zero attached hydrogens (tertiary/aromatic N) is 1. The molecule has 0 saturated carbocycles. The van der Waals surface area contributed by atoms with Gasteiger partial charge in [0.15, 0.2) is 5.96 Å². The normalized spacial score (nSPS) is 13.5. The minimum absolute atomic E-state index is 0. The summed E-state index contributed by atoms with van der Waals surface area (Å²) < 4.78 is 13.2. The zero-order valence-electron chi connectivity index (χ0n) is 14.5. The highest BCUT2D eigenvalue weighted by Gasteiger charge is 2.22. The summed E-state index contributed by atoms with van der Waals surface area (Å²) in [5.41, 5.74) is 0.608. The van der Waals surface area contributed by atoms with E-state index in [1.54, 1.807) is 13.0 Å². The van der Waals surface area contributed by atoms with Crippen molar-refractivity contribution in [2.45, 2.75) is 26.0 Å². The van der Waals surface area contributed by atoms with Gasteiger partial charge < -0.3 is 15.7 Å². The third-order valence-electron chi connectivity index (χ3n) is 3.65. The highest BCUT2D eigenvalue weighted by Crippen LogP contribution is 2.18. The Labute approximate surface area is 165 Å². The van der Waals surface area contributed by atoms with Gasteiger partial charge in [-0.15, -0.1) is 24.0 Å². The maximum absolute atomic E-state index is 13.2. The van der Waals surface area contributed by atoms with Crippen LogP contribution in [0, 0.1) is 5.82 Å². The Kier molecular flexibility index (Phi) is 8.85. The summed E-state index contributed by atoms with van der Waals surface area (Å²) in [6.45, 7) is 5.09. The van der Waals surface area contributed by atoms with Crippen LogP contribution < -0.4 is 10.6 Å². The van der Waals surface area contributed by atoms with Crippen LogP contribution in [0.2, 0.25) is 0 Å². The molecule has 2 aromatic rings. The van der Waals surface area contributed by atoms with Crippen molar-refractivity contribution in [2.24, 2.45) is 4.99 Å². The summed E-state index contributed by atoms with van der Waals surface area (Å²) in [6, 6.07) is 15.9. The molecular formula is C19H25FIN3O. The second-order valence-corrected chi connectivity index (χ2v) is 5.82. The van der Waals surface area contributed by atoms with Crippen LogP contribution in [0.5, 0.6) is 0 Å². The number of rotatable bonds is 6. The van der Waals surface area contributed by atoms with Gasteiger partial charge in [-0.3, -0.25) is 0 Å². The summed E-state index contributed by atoms with van der Waals surface area (Å²) in [5, 5.41) is 16.9. The lowest BCUT2D eigenvalue weighted by Gasteiger charge is -2.25. The topological polar surface area (TPSA) is 56.7 Å². The van der Waals surface area contributed by atoms with Gasteiger partial charge in [-0.05, 0) is 37.1 Å². The molecule has 0 aliphatic rings. The van der Waals surface area contributed by atoms with E-state index in [2.05, 4.69) is 15.6 Å². The number of nitrogens with one attached hydrogen (secondary N) is 2. The van der Waals surface area contributed by atoms with E-state index in [0.29, 0.717) is 25.6 Å². The lowest BCUT2D eigenvalue weighted by Crippen LogP contribution is -2.44. The molecular weight excluding hydrogens is 432 g/mol. The first-order valence-corrected chi connectivity index (χ1v) is 8.06. The van der Waals surface area contributed by atoms with Crippen LogP contribution >= 0.6 is 24.0 Å². The fraction of sp³-hybridized carbons (Fsp3) is 0.316. The Morgan fingerprint density at radius 3 is 2.48 bits per heavy atom. The molecule has 0 saturated heterocycles. The first-order valence-electron chi connectivity index (χ1n) is 8.06. The van der Waals surface area contributed by atoms with Crippen molar-refractivity contribution in [3.8, 4) is 0 Å². The predicted molar refractivity (Wildman–Crippen MR) is 111 cm³/mol.